The van der Waals surface area contributed by atoms with Crippen LogP contribution in [-0.2, 0) is 76.8 Å². The fraction of sp³-hybridized carbons (Fsp3) is 0.409. The van der Waals surface area contributed by atoms with Crippen molar-refractivity contribution in [3.63, 3.8) is 0 Å². The molecule has 0 spiro atoms. The van der Waals surface area contributed by atoms with Crippen molar-refractivity contribution in [3.05, 3.63) is 154 Å². The number of esters is 2. The Bertz CT molecular complexity index is 1970. The molecule has 3 aliphatic rings. The molecule has 7 rings (SSSR count). The summed E-state index contributed by atoms with van der Waals surface area (Å²) >= 11 is 0. The zero-order chi connectivity index (χ0) is 41.0. The molecular weight excluding hydrogens is 762 g/mol. The minimum atomic E-state index is -1.34. The molecule has 0 amide bonds. The average Bonchev–Trinajstić information content (AvgIpc) is 3.26. The molecule has 0 aliphatic carbocycles. The molecule has 0 bridgehead atoms. The van der Waals surface area contributed by atoms with Gasteiger partial charge in [0.05, 0.1) is 26.4 Å². The summed E-state index contributed by atoms with van der Waals surface area (Å²) in [5.74, 6) is -1.19. The van der Waals surface area contributed by atoms with E-state index in [1.165, 1.54) is 13.8 Å². The second kappa shape index (κ2) is 20.7. The van der Waals surface area contributed by atoms with Gasteiger partial charge in [-0.25, -0.2) is 0 Å². The number of ether oxygens (including phenoxy) is 10. The van der Waals surface area contributed by atoms with Crippen molar-refractivity contribution in [1.29, 1.82) is 0 Å². The third kappa shape index (κ3) is 11.1. The van der Waals surface area contributed by atoms with Gasteiger partial charge in [0.15, 0.2) is 25.0 Å². The van der Waals surface area contributed by atoms with Crippen LogP contribution < -0.4 is 0 Å². The minimum absolute atomic E-state index is 0.0729. The van der Waals surface area contributed by atoms with Crippen LogP contribution in [0.1, 0.15) is 42.4 Å². The summed E-state index contributed by atoms with van der Waals surface area (Å²) in [6.45, 7) is 2.65. The molecule has 3 fully saturated rings. The number of hydrogen-bond acceptors (Lipinski definition) is 13. The summed E-state index contributed by atoms with van der Waals surface area (Å²) in [6.07, 6.45) is -10.2. The molecule has 3 heterocycles. The van der Waals surface area contributed by atoms with E-state index in [-0.39, 0.29) is 33.0 Å². The van der Waals surface area contributed by atoms with Gasteiger partial charge in [-0.3, -0.25) is 9.59 Å². The van der Waals surface area contributed by atoms with E-state index in [0.717, 1.165) is 22.3 Å². The Morgan fingerprint density at radius 3 is 1.78 bits per heavy atom. The van der Waals surface area contributed by atoms with Crippen LogP contribution in [0.3, 0.4) is 0 Å². The lowest BCUT2D eigenvalue weighted by Gasteiger charge is -2.51. The van der Waals surface area contributed by atoms with Gasteiger partial charge in [-0.15, -0.1) is 0 Å². The molecule has 0 radical (unpaired) electrons. The van der Waals surface area contributed by atoms with Crippen molar-refractivity contribution < 1.29 is 57.0 Å². The predicted molar refractivity (Wildman–Crippen MR) is 209 cm³/mol. The summed E-state index contributed by atoms with van der Waals surface area (Å²) in [5.41, 5.74) is 13.2. The van der Waals surface area contributed by atoms with Crippen LogP contribution >= 0.6 is 0 Å². The van der Waals surface area contributed by atoms with Crippen molar-refractivity contribution in [1.82, 2.24) is 0 Å². The van der Waals surface area contributed by atoms with Crippen LogP contribution in [0, 0.1) is 0 Å². The number of hydrogen-bond donors (Lipinski definition) is 0. The van der Waals surface area contributed by atoms with Crippen LogP contribution in [-0.4, -0.2) is 86.5 Å². The maximum Gasteiger partial charge on any atom is 0.303 e. The summed E-state index contributed by atoms with van der Waals surface area (Å²) in [5, 5.41) is 4.12. The lowest BCUT2D eigenvalue weighted by Crippen LogP contribution is -2.67. The van der Waals surface area contributed by atoms with E-state index in [4.69, 9.17) is 47.4 Å². The normalized spacial score (nSPS) is 29.0. The summed E-state index contributed by atoms with van der Waals surface area (Å²) in [6, 6.07) is 36.7. The number of carbonyl (C=O) groups is 2. The first-order valence-corrected chi connectivity index (χ1v) is 19.5. The maximum absolute atomic E-state index is 12.9. The molecule has 11 atom stereocenters. The van der Waals surface area contributed by atoms with Crippen molar-refractivity contribution >= 4 is 11.9 Å². The topological polar surface area (TPSA) is 175 Å². The lowest BCUT2D eigenvalue weighted by molar-refractivity contribution is -0.386. The molecule has 3 aliphatic heterocycles. The molecule has 15 heteroatoms. The lowest BCUT2D eigenvalue weighted by atomic mass is 9.94. The molecule has 4 aromatic carbocycles. The van der Waals surface area contributed by atoms with Crippen LogP contribution in [0.15, 0.2) is 126 Å². The Kier molecular flexibility index (Phi) is 14.7. The van der Waals surface area contributed by atoms with Gasteiger partial charge < -0.3 is 47.4 Å². The number of carbonyl (C=O) groups excluding carboxylic acids is 2. The Labute approximate surface area is 341 Å². The third-order valence-electron chi connectivity index (χ3n) is 10.0. The average molecular weight is 810 g/mol. The van der Waals surface area contributed by atoms with Gasteiger partial charge in [-0.2, -0.15) is 0 Å². The largest absolute Gasteiger partial charge is 0.463 e. The Morgan fingerprint density at radius 2 is 1.22 bits per heavy atom. The molecule has 59 heavy (non-hydrogen) atoms. The first-order valence-electron chi connectivity index (χ1n) is 19.5. The van der Waals surface area contributed by atoms with E-state index in [1.807, 2.05) is 121 Å². The van der Waals surface area contributed by atoms with Crippen LogP contribution in [0.2, 0.25) is 0 Å². The zero-order valence-electron chi connectivity index (χ0n) is 32.7. The molecule has 0 aromatic heterocycles. The first kappa shape index (κ1) is 42.0. The Balaban J connectivity index is 1.24. The smallest absolute Gasteiger partial charge is 0.303 e. The van der Waals surface area contributed by atoms with Crippen molar-refractivity contribution in [2.45, 2.75) is 101 Å². The predicted octanol–water partition coefficient (Wildman–Crippen LogP) is 6.50. The van der Waals surface area contributed by atoms with Gasteiger partial charge in [-0.1, -0.05) is 126 Å². The standard InChI is InChI=1S/C44H47N3O12/c1-28(48)50-26-34-37(39(51-23-30-15-7-3-8-16-30)36(46-47-45)43(56-34)53-25-32-19-11-5-12-20-32)59-44-41(55-29(2)49)40(52-24-31-17-9-4-10-18-31)38-35(57-44)27-54-42(58-38)33-21-13-6-14-22-33/h3-22,34-44H,23-27H2,1-2H3/t34-,35+,36-,37-,38-,39-,40+,41-,42?,43?,44+/m1/s1. The summed E-state index contributed by atoms with van der Waals surface area (Å²) in [7, 11) is 0. The molecule has 4 aromatic rings. The SMILES string of the molecule is CC(=O)OC[C@H]1OC(OCc2ccccc2)[C@H](N=[N+]=[N-])[C@@H](OCc2ccccc2)[C@@H]1O[C@@H]1O[C@H]2COC(c3ccccc3)O[C@H]2[C@H](OCc2ccccc2)[C@H]1OC(C)=O. The van der Waals surface area contributed by atoms with Crippen LogP contribution in [0.25, 0.3) is 10.4 Å². The molecule has 15 nitrogen and oxygen atoms in total. The van der Waals surface area contributed by atoms with Crippen LogP contribution in [0.4, 0.5) is 0 Å². The summed E-state index contributed by atoms with van der Waals surface area (Å²) in [4.78, 5) is 28.3. The fourth-order valence-corrected chi connectivity index (χ4v) is 7.28. The number of benzene rings is 4. The summed E-state index contributed by atoms with van der Waals surface area (Å²) < 4.78 is 63.6. The first-order chi connectivity index (χ1) is 28.9. The minimum Gasteiger partial charge on any atom is -0.463 e. The monoisotopic (exact) mass is 809 g/mol. The van der Waals surface area contributed by atoms with E-state index < -0.39 is 79.6 Å². The van der Waals surface area contributed by atoms with Gasteiger partial charge in [0, 0.05) is 24.3 Å². The van der Waals surface area contributed by atoms with Gasteiger partial charge >= 0.3 is 11.9 Å². The van der Waals surface area contributed by atoms with Gasteiger partial charge in [0.1, 0.15) is 49.3 Å². The number of rotatable bonds is 16. The fourth-order valence-electron chi connectivity index (χ4n) is 7.28. The number of azide groups is 1. The Morgan fingerprint density at radius 1 is 0.661 bits per heavy atom. The maximum atomic E-state index is 12.9. The van der Waals surface area contributed by atoms with Crippen molar-refractivity contribution in [2.24, 2.45) is 5.11 Å². The van der Waals surface area contributed by atoms with E-state index in [9.17, 15) is 15.1 Å². The Hall–Kier alpha value is -5.19. The highest BCUT2D eigenvalue weighted by molar-refractivity contribution is 5.66. The highest BCUT2D eigenvalue weighted by Crippen LogP contribution is 2.39. The van der Waals surface area contributed by atoms with Crippen molar-refractivity contribution in [2.75, 3.05) is 13.2 Å². The van der Waals surface area contributed by atoms with Gasteiger partial charge in [0.2, 0.25) is 0 Å². The zero-order valence-corrected chi connectivity index (χ0v) is 32.7. The van der Waals surface area contributed by atoms with Crippen molar-refractivity contribution in [3.8, 4) is 0 Å². The van der Waals surface area contributed by atoms with Gasteiger partial charge in [-0.05, 0) is 22.2 Å². The molecule has 0 N–H and O–H groups in total. The highest BCUT2D eigenvalue weighted by Gasteiger charge is 2.56. The molecule has 0 saturated carbocycles. The van der Waals surface area contributed by atoms with E-state index in [0.29, 0.717) is 0 Å². The molecule has 3 saturated heterocycles. The van der Waals surface area contributed by atoms with E-state index in [1.54, 1.807) is 0 Å². The second-order valence-electron chi connectivity index (χ2n) is 14.3. The molecule has 2 unspecified atom stereocenters. The highest BCUT2D eigenvalue weighted by atomic mass is 16.8. The number of fused-ring (bicyclic) bond motifs is 1. The molecule has 310 valence electrons. The van der Waals surface area contributed by atoms with Crippen LogP contribution in [0.5, 0.6) is 0 Å². The number of nitrogens with zero attached hydrogens (tertiary/aromatic N) is 3. The quantitative estimate of drug-likeness (QED) is 0.0521. The second-order valence-corrected chi connectivity index (χ2v) is 14.3. The van der Waals surface area contributed by atoms with E-state index >= 15 is 0 Å². The van der Waals surface area contributed by atoms with Gasteiger partial charge in [0.25, 0.3) is 0 Å². The third-order valence-corrected chi connectivity index (χ3v) is 10.0. The molecular formula is C44H47N3O12. The van der Waals surface area contributed by atoms with E-state index in [2.05, 4.69) is 10.0 Å².